The number of para-hydroxylation sites is 1. The van der Waals surface area contributed by atoms with Crippen molar-refractivity contribution in [1.29, 1.82) is 0 Å². The highest BCUT2D eigenvalue weighted by Crippen LogP contribution is 2.28. The molecule has 1 aliphatic rings. The number of aromatic nitrogens is 1. The van der Waals surface area contributed by atoms with E-state index in [9.17, 15) is 9.59 Å². The minimum absolute atomic E-state index is 0.163. The smallest absolute Gasteiger partial charge is 0.325 e. The molecule has 0 radical (unpaired) electrons. The van der Waals surface area contributed by atoms with Gasteiger partial charge >= 0.3 is 6.03 Å². The van der Waals surface area contributed by atoms with Gasteiger partial charge in [0.25, 0.3) is 5.91 Å². The summed E-state index contributed by atoms with van der Waals surface area (Å²) in [6.07, 6.45) is 2.61. The van der Waals surface area contributed by atoms with Crippen LogP contribution < -0.4 is 5.32 Å². The number of benzene rings is 1. The van der Waals surface area contributed by atoms with Crippen molar-refractivity contribution in [3.05, 3.63) is 36.0 Å². The molecule has 0 saturated carbocycles. The standard InChI is InChI=1S/C18H24N4O2/c1-3-21(4-2)10-7-11-22-17(23)16(20-18(22)24)14-12-19-15-9-6-5-8-13(14)15/h5-6,8-9,12,16,19H,3-4,7,10-11H2,1-2H3,(H,20,24). The molecule has 0 aliphatic carbocycles. The number of nitrogens with one attached hydrogen (secondary N) is 2. The Bertz CT molecular complexity index is 735. The molecule has 6 nitrogen and oxygen atoms in total. The minimum Gasteiger partial charge on any atom is -0.361 e. The van der Waals surface area contributed by atoms with Gasteiger partial charge in [-0.3, -0.25) is 9.69 Å². The van der Waals surface area contributed by atoms with Crippen molar-refractivity contribution in [2.45, 2.75) is 26.3 Å². The number of amides is 3. The van der Waals surface area contributed by atoms with Crippen molar-refractivity contribution in [2.24, 2.45) is 0 Å². The second-order valence-electron chi connectivity index (χ2n) is 6.04. The van der Waals surface area contributed by atoms with Crippen LogP contribution in [0.5, 0.6) is 0 Å². The summed E-state index contributed by atoms with van der Waals surface area (Å²) in [5.41, 5.74) is 1.80. The lowest BCUT2D eigenvalue weighted by atomic mass is 10.1. The lowest BCUT2D eigenvalue weighted by molar-refractivity contribution is -0.127. The second-order valence-corrected chi connectivity index (χ2v) is 6.04. The fraction of sp³-hybridized carbons (Fsp3) is 0.444. The average molecular weight is 328 g/mol. The Balaban J connectivity index is 1.70. The molecule has 2 aromatic rings. The topological polar surface area (TPSA) is 68.4 Å². The molecule has 2 heterocycles. The van der Waals surface area contributed by atoms with Gasteiger partial charge in [0.05, 0.1) is 0 Å². The van der Waals surface area contributed by atoms with Gasteiger partial charge in [-0.1, -0.05) is 32.0 Å². The van der Waals surface area contributed by atoms with Crippen LogP contribution >= 0.6 is 0 Å². The summed E-state index contributed by atoms with van der Waals surface area (Å²) in [4.78, 5) is 31.7. The molecule has 3 amide bonds. The molecule has 1 aromatic carbocycles. The molecule has 2 N–H and O–H groups in total. The number of aromatic amines is 1. The maximum absolute atomic E-state index is 12.7. The quantitative estimate of drug-likeness (QED) is 0.767. The van der Waals surface area contributed by atoms with E-state index >= 15 is 0 Å². The number of nitrogens with zero attached hydrogens (tertiary/aromatic N) is 2. The van der Waals surface area contributed by atoms with Gasteiger partial charge in [-0.05, 0) is 32.1 Å². The number of imide groups is 1. The highest BCUT2D eigenvalue weighted by molar-refractivity contribution is 6.06. The molecule has 0 bridgehead atoms. The monoisotopic (exact) mass is 328 g/mol. The largest absolute Gasteiger partial charge is 0.361 e. The molecule has 128 valence electrons. The van der Waals surface area contributed by atoms with Gasteiger partial charge in [0.2, 0.25) is 0 Å². The summed E-state index contributed by atoms with van der Waals surface area (Å²) >= 11 is 0. The number of hydrogen-bond acceptors (Lipinski definition) is 3. The molecule has 24 heavy (non-hydrogen) atoms. The van der Waals surface area contributed by atoms with Crippen molar-refractivity contribution in [2.75, 3.05) is 26.2 Å². The number of fused-ring (bicyclic) bond motifs is 1. The molecular weight excluding hydrogens is 304 g/mol. The molecular formula is C18H24N4O2. The van der Waals surface area contributed by atoms with E-state index in [2.05, 4.69) is 29.0 Å². The SMILES string of the molecule is CCN(CC)CCCN1C(=O)NC(c2c[nH]c3ccccc23)C1=O. The van der Waals surface area contributed by atoms with E-state index in [0.717, 1.165) is 42.5 Å². The van der Waals surface area contributed by atoms with Crippen LogP contribution in [-0.2, 0) is 4.79 Å². The van der Waals surface area contributed by atoms with Gasteiger partial charge in [0, 0.05) is 29.2 Å². The third-order valence-electron chi connectivity index (χ3n) is 4.71. The Kier molecular flexibility index (Phi) is 4.85. The average Bonchev–Trinajstić information content (AvgIpc) is 3.14. The van der Waals surface area contributed by atoms with Crippen LogP contribution in [0.2, 0.25) is 0 Å². The van der Waals surface area contributed by atoms with Gasteiger partial charge in [-0.25, -0.2) is 4.79 Å². The Morgan fingerprint density at radius 1 is 1.17 bits per heavy atom. The van der Waals surface area contributed by atoms with Gasteiger partial charge < -0.3 is 15.2 Å². The molecule has 1 unspecified atom stereocenters. The molecule has 1 saturated heterocycles. The van der Waals surface area contributed by atoms with Crippen LogP contribution in [-0.4, -0.2) is 52.9 Å². The van der Waals surface area contributed by atoms with Gasteiger partial charge in [-0.2, -0.15) is 0 Å². The van der Waals surface area contributed by atoms with Crippen LogP contribution in [0.4, 0.5) is 4.79 Å². The van der Waals surface area contributed by atoms with E-state index in [1.807, 2.05) is 30.5 Å². The van der Waals surface area contributed by atoms with E-state index in [1.54, 1.807) is 0 Å². The first-order valence-corrected chi connectivity index (χ1v) is 8.56. The summed E-state index contributed by atoms with van der Waals surface area (Å²) < 4.78 is 0. The van der Waals surface area contributed by atoms with E-state index < -0.39 is 6.04 Å². The summed E-state index contributed by atoms with van der Waals surface area (Å²) in [6, 6.07) is 6.91. The van der Waals surface area contributed by atoms with Gasteiger partial charge in [0.15, 0.2) is 0 Å². The first-order chi connectivity index (χ1) is 11.7. The van der Waals surface area contributed by atoms with Crippen LogP contribution in [0.25, 0.3) is 10.9 Å². The Labute approximate surface area is 141 Å². The highest BCUT2D eigenvalue weighted by atomic mass is 16.2. The predicted molar refractivity (Wildman–Crippen MR) is 93.7 cm³/mol. The number of urea groups is 1. The Morgan fingerprint density at radius 2 is 1.92 bits per heavy atom. The molecule has 1 aliphatic heterocycles. The molecule has 1 fully saturated rings. The maximum Gasteiger partial charge on any atom is 0.325 e. The van der Waals surface area contributed by atoms with Gasteiger partial charge in [0.1, 0.15) is 6.04 Å². The molecule has 3 rings (SSSR count). The Morgan fingerprint density at radius 3 is 2.67 bits per heavy atom. The van der Waals surface area contributed by atoms with Crippen LogP contribution in [0.3, 0.4) is 0 Å². The van der Waals surface area contributed by atoms with Crippen molar-refractivity contribution in [3.63, 3.8) is 0 Å². The maximum atomic E-state index is 12.7. The second kappa shape index (κ2) is 7.05. The molecule has 6 heteroatoms. The minimum atomic E-state index is -0.595. The predicted octanol–water partition coefficient (Wildman–Crippen LogP) is 2.49. The van der Waals surface area contributed by atoms with Crippen LogP contribution in [0, 0.1) is 0 Å². The van der Waals surface area contributed by atoms with E-state index in [1.165, 1.54) is 4.90 Å². The highest BCUT2D eigenvalue weighted by Gasteiger charge is 2.39. The molecule has 0 spiro atoms. The third-order valence-corrected chi connectivity index (χ3v) is 4.71. The van der Waals surface area contributed by atoms with Crippen LogP contribution in [0.15, 0.2) is 30.5 Å². The summed E-state index contributed by atoms with van der Waals surface area (Å²) in [6.45, 7) is 7.54. The molecule has 1 atom stereocenters. The van der Waals surface area contributed by atoms with Crippen LogP contribution in [0.1, 0.15) is 31.9 Å². The van der Waals surface area contributed by atoms with Crippen molar-refractivity contribution in [1.82, 2.24) is 20.1 Å². The number of hydrogen-bond donors (Lipinski definition) is 2. The van der Waals surface area contributed by atoms with Crippen molar-refractivity contribution >= 4 is 22.8 Å². The van der Waals surface area contributed by atoms with Crippen molar-refractivity contribution < 1.29 is 9.59 Å². The number of carbonyl (C=O) groups excluding carboxylic acids is 2. The Hall–Kier alpha value is -2.34. The van der Waals surface area contributed by atoms with E-state index in [4.69, 9.17) is 0 Å². The zero-order valence-corrected chi connectivity index (χ0v) is 14.2. The summed E-state index contributed by atoms with van der Waals surface area (Å²) in [7, 11) is 0. The fourth-order valence-corrected chi connectivity index (χ4v) is 3.27. The zero-order chi connectivity index (χ0) is 17.1. The normalized spacial score (nSPS) is 18.0. The zero-order valence-electron chi connectivity index (χ0n) is 14.2. The number of carbonyl (C=O) groups is 2. The number of rotatable bonds is 7. The van der Waals surface area contributed by atoms with E-state index in [0.29, 0.717) is 6.54 Å². The first kappa shape index (κ1) is 16.5. The summed E-state index contributed by atoms with van der Waals surface area (Å²) in [5, 5.41) is 3.79. The first-order valence-electron chi connectivity index (χ1n) is 8.56. The van der Waals surface area contributed by atoms with Crippen molar-refractivity contribution in [3.8, 4) is 0 Å². The van der Waals surface area contributed by atoms with E-state index in [-0.39, 0.29) is 11.9 Å². The molecule has 1 aromatic heterocycles. The lowest BCUT2D eigenvalue weighted by Crippen LogP contribution is -2.34. The third kappa shape index (κ3) is 3.01. The number of H-pyrrole nitrogens is 1. The van der Waals surface area contributed by atoms with Gasteiger partial charge in [-0.15, -0.1) is 0 Å². The lowest BCUT2D eigenvalue weighted by Gasteiger charge is -2.19. The fourth-order valence-electron chi connectivity index (χ4n) is 3.27. The summed E-state index contributed by atoms with van der Waals surface area (Å²) in [5.74, 6) is -0.163.